The maximum Gasteiger partial charge on any atom is 0.329 e. The minimum atomic E-state index is -0.706. The number of nitrogens with one attached hydrogen (secondary N) is 3. The number of nitriles is 1. The summed E-state index contributed by atoms with van der Waals surface area (Å²) in [6.07, 6.45) is 9.64. The molecular weight excluding hydrogens is 735 g/mol. The number of aromatic nitrogens is 5. The number of fused-ring (bicyclic) bond motifs is 2. The van der Waals surface area contributed by atoms with Gasteiger partial charge in [0.1, 0.15) is 12.1 Å². The second-order valence-electron chi connectivity index (χ2n) is 16.5. The quantitative estimate of drug-likeness (QED) is 0.170. The van der Waals surface area contributed by atoms with Crippen LogP contribution >= 0.6 is 0 Å². The largest absolute Gasteiger partial charge is 0.382 e. The lowest BCUT2D eigenvalue weighted by molar-refractivity contribution is -0.135. The predicted octanol–water partition coefficient (Wildman–Crippen LogP) is 4.61. The molecule has 3 N–H and O–H groups in total. The number of amides is 3. The van der Waals surface area contributed by atoms with Crippen molar-refractivity contribution in [3.63, 3.8) is 0 Å². The van der Waals surface area contributed by atoms with Gasteiger partial charge < -0.3 is 20.4 Å². The first-order chi connectivity index (χ1) is 28.0. The molecule has 15 heteroatoms. The molecule has 1 unspecified atom stereocenters. The van der Waals surface area contributed by atoms with Crippen molar-refractivity contribution in [1.82, 2.24) is 39.3 Å². The van der Waals surface area contributed by atoms with E-state index in [-0.39, 0.29) is 36.0 Å². The van der Waals surface area contributed by atoms with Gasteiger partial charge in [0, 0.05) is 57.4 Å². The molecule has 1 atom stereocenters. The van der Waals surface area contributed by atoms with Gasteiger partial charge in [-0.15, -0.1) is 0 Å². The molecular formula is C43H51N11O4. The van der Waals surface area contributed by atoms with Crippen molar-refractivity contribution in [2.75, 3.05) is 36.9 Å². The van der Waals surface area contributed by atoms with Crippen LogP contribution in [0.4, 0.5) is 11.4 Å². The van der Waals surface area contributed by atoms with E-state index in [0.29, 0.717) is 46.4 Å². The van der Waals surface area contributed by atoms with Gasteiger partial charge in [0.2, 0.25) is 11.8 Å². The van der Waals surface area contributed by atoms with Crippen LogP contribution in [0.1, 0.15) is 87.2 Å². The minimum Gasteiger partial charge on any atom is -0.382 e. The van der Waals surface area contributed by atoms with Gasteiger partial charge in [-0.3, -0.25) is 33.8 Å². The molecule has 2 aliphatic heterocycles. The Labute approximate surface area is 337 Å². The molecule has 0 radical (unpaired) electrons. The summed E-state index contributed by atoms with van der Waals surface area (Å²) in [5, 5.41) is 22.8. The van der Waals surface area contributed by atoms with Crippen LogP contribution in [0.5, 0.6) is 0 Å². The number of pyridine rings is 1. The molecule has 5 aromatic rings. The third-order valence-corrected chi connectivity index (χ3v) is 12.2. The number of hydrogen-bond acceptors (Lipinski definition) is 10. The Morgan fingerprint density at radius 2 is 1.79 bits per heavy atom. The van der Waals surface area contributed by atoms with Crippen LogP contribution in [0.2, 0.25) is 0 Å². The Hall–Kier alpha value is -6.01. The average Bonchev–Trinajstić information content (AvgIpc) is 3.75. The maximum absolute atomic E-state index is 13.7. The van der Waals surface area contributed by atoms with E-state index in [1.165, 1.54) is 6.20 Å². The highest BCUT2D eigenvalue weighted by Gasteiger charge is 2.33. The zero-order valence-corrected chi connectivity index (χ0v) is 33.6. The molecule has 15 nitrogen and oxygen atoms in total. The Bertz CT molecular complexity index is 2480. The van der Waals surface area contributed by atoms with Crippen molar-refractivity contribution in [1.29, 1.82) is 5.26 Å². The Kier molecular flexibility index (Phi) is 10.8. The first-order valence-corrected chi connectivity index (χ1v) is 20.4. The zero-order chi connectivity index (χ0) is 40.7. The summed E-state index contributed by atoms with van der Waals surface area (Å²) >= 11 is 0. The molecule has 3 amide bonds. The minimum absolute atomic E-state index is 0.0977. The monoisotopic (exact) mass is 785 g/mol. The predicted molar refractivity (Wildman–Crippen MR) is 222 cm³/mol. The molecule has 3 fully saturated rings. The molecule has 0 spiro atoms. The van der Waals surface area contributed by atoms with Crippen molar-refractivity contribution in [2.24, 2.45) is 13.0 Å². The summed E-state index contributed by atoms with van der Waals surface area (Å²) in [6, 6.07) is 15.5. The number of para-hydroxylation sites is 1. The van der Waals surface area contributed by atoms with Gasteiger partial charge in [-0.1, -0.05) is 6.07 Å². The molecule has 8 rings (SSSR count). The maximum atomic E-state index is 13.7. The number of anilines is 2. The number of carbonyl (C=O) groups excluding carboxylic acids is 3. The van der Waals surface area contributed by atoms with Crippen molar-refractivity contribution in [3.05, 3.63) is 76.5 Å². The molecule has 3 aliphatic rings. The van der Waals surface area contributed by atoms with Crippen LogP contribution in [-0.4, -0.2) is 91.2 Å². The Morgan fingerprint density at radius 1 is 1.02 bits per heavy atom. The third-order valence-electron chi connectivity index (χ3n) is 12.2. The van der Waals surface area contributed by atoms with Gasteiger partial charge in [-0.05, 0) is 108 Å². The first kappa shape index (κ1) is 38.8. The average molecular weight is 786 g/mol. The molecule has 1 saturated carbocycles. The highest BCUT2D eigenvalue weighted by Crippen LogP contribution is 2.33. The van der Waals surface area contributed by atoms with Crippen molar-refractivity contribution in [2.45, 2.75) is 89.4 Å². The third kappa shape index (κ3) is 7.56. The summed E-state index contributed by atoms with van der Waals surface area (Å²) in [7, 11) is 3.99. The molecule has 2 saturated heterocycles. The van der Waals surface area contributed by atoms with Crippen molar-refractivity contribution >= 4 is 45.6 Å². The van der Waals surface area contributed by atoms with Crippen LogP contribution in [0.15, 0.2) is 59.7 Å². The number of rotatable bonds is 10. The number of benzene rings is 1. The first-order valence-electron chi connectivity index (χ1n) is 20.4. The number of carbonyl (C=O) groups is 3. The van der Waals surface area contributed by atoms with E-state index in [9.17, 15) is 24.4 Å². The fourth-order valence-electron chi connectivity index (χ4n) is 9.22. The summed E-state index contributed by atoms with van der Waals surface area (Å²) in [6.45, 7) is 6.81. The second kappa shape index (κ2) is 16.1. The van der Waals surface area contributed by atoms with Crippen LogP contribution in [0.25, 0.3) is 27.9 Å². The van der Waals surface area contributed by atoms with Gasteiger partial charge in [0.05, 0.1) is 56.6 Å². The lowest BCUT2D eigenvalue weighted by atomic mass is 9.85. The molecule has 58 heavy (non-hydrogen) atoms. The van der Waals surface area contributed by atoms with Crippen LogP contribution in [0.3, 0.4) is 0 Å². The lowest BCUT2D eigenvalue weighted by Gasteiger charge is -2.40. The highest BCUT2D eigenvalue weighted by atomic mass is 16.2. The molecule has 4 aromatic heterocycles. The Morgan fingerprint density at radius 3 is 2.52 bits per heavy atom. The number of imide groups is 1. The van der Waals surface area contributed by atoms with Crippen LogP contribution in [0, 0.1) is 17.2 Å². The van der Waals surface area contributed by atoms with Gasteiger partial charge in [-0.2, -0.15) is 10.4 Å². The molecule has 6 heterocycles. The van der Waals surface area contributed by atoms with E-state index < -0.39 is 11.9 Å². The van der Waals surface area contributed by atoms with Crippen LogP contribution in [-0.2, 0) is 16.6 Å². The van der Waals surface area contributed by atoms with Crippen LogP contribution < -0.4 is 26.5 Å². The molecule has 1 aliphatic carbocycles. The SMILES string of the molecule is CC(C)Nc1cc(-c2ccc3cc(C#N)cnn23)ncc1C(=O)N[C@H]1CC[C@H](CN(C)C2CCN(c3cccc4c3n(C)c(=O)n4C3CCC(=O)NC3=O)CC2)CC1. The van der Waals surface area contributed by atoms with E-state index in [1.54, 1.807) is 33.0 Å². The molecule has 1 aromatic carbocycles. The van der Waals surface area contributed by atoms with E-state index in [2.05, 4.69) is 55.0 Å². The lowest BCUT2D eigenvalue weighted by Crippen LogP contribution is -2.46. The molecule has 302 valence electrons. The van der Waals surface area contributed by atoms with Gasteiger partial charge in [0.25, 0.3) is 5.91 Å². The highest BCUT2D eigenvalue weighted by molar-refractivity contribution is 6.01. The number of piperidine rings is 2. The summed E-state index contributed by atoms with van der Waals surface area (Å²) < 4.78 is 4.94. The fourth-order valence-corrected chi connectivity index (χ4v) is 9.22. The molecule has 0 bridgehead atoms. The zero-order valence-electron chi connectivity index (χ0n) is 33.6. The fraction of sp³-hybridized carbons (Fsp3) is 0.465. The van der Waals surface area contributed by atoms with Crippen molar-refractivity contribution < 1.29 is 14.4 Å². The van der Waals surface area contributed by atoms with Gasteiger partial charge in [0.15, 0.2) is 0 Å². The topological polar surface area (TPSA) is 175 Å². The number of hydrogen-bond donors (Lipinski definition) is 3. The Balaban J connectivity index is 0.855. The summed E-state index contributed by atoms with van der Waals surface area (Å²) in [5.74, 6) is -0.301. The smallest absolute Gasteiger partial charge is 0.329 e. The number of nitrogens with zero attached hydrogens (tertiary/aromatic N) is 8. The second-order valence-corrected chi connectivity index (χ2v) is 16.5. The number of imidazole rings is 1. The standard InChI is InChI=1S/C43H51N11O4/c1-26(2)47-33-21-34(35-13-12-31-20-28(22-44)23-46-54(31)35)45-24-32(33)41(56)48-29-10-8-27(9-11-29)25-50(3)30-16-18-52(19-17-30)36-6-5-7-37-40(36)51(4)43(58)53(37)38-14-15-39(55)49-42(38)57/h5-7,12-13,20-21,23-24,26-27,29-30,38H,8-11,14-19,25H2,1-4H3,(H,45,47)(H,48,56)(H,49,55,57)/t27-,29-,38?. The number of aryl methyl sites for hydroxylation is 1. The van der Waals surface area contributed by atoms with Gasteiger partial charge in [-0.25, -0.2) is 9.31 Å². The van der Waals surface area contributed by atoms with Gasteiger partial charge >= 0.3 is 5.69 Å². The summed E-state index contributed by atoms with van der Waals surface area (Å²) in [5.41, 5.74) is 6.23. The van der Waals surface area contributed by atoms with E-state index in [1.807, 2.05) is 44.2 Å². The van der Waals surface area contributed by atoms with E-state index in [4.69, 9.17) is 0 Å². The van der Waals surface area contributed by atoms with E-state index >= 15 is 0 Å². The van der Waals surface area contributed by atoms with E-state index in [0.717, 1.165) is 80.6 Å². The normalized spacial score (nSPS) is 20.5. The summed E-state index contributed by atoms with van der Waals surface area (Å²) in [4.78, 5) is 61.2. The van der Waals surface area contributed by atoms with Crippen molar-refractivity contribution in [3.8, 4) is 17.5 Å².